The molecule has 0 saturated heterocycles. The lowest BCUT2D eigenvalue weighted by atomic mass is 9.81. The van der Waals surface area contributed by atoms with Gasteiger partial charge in [-0.05, 0) is 87.6 Å². The first kappa shape index (κ1) is 39.3. The van der Waals surface area contributed by atoms with Crippen LogP contribution < -0.4 is 10.2 Å². The Morgan fingerprint density at radius 1 is 0.904 bits per heavy atom. The van der Waals surface area contributed by atoms with E-state index in [1.165, 1.54) is 46.5 Å². The van der Waals surface area contributed by atoms with E-state index in [-0.39, 0.29) is 23.0 Å². The highest BCUT2D eigenvalue weighted by atomic mass is 32.2. The zero-order valence-electron chi connectivity index (χ0n) is 31.7. The van der Waals surface area contributed by atoms with Crippen molar-refractivity contribution in [3.8, 4) is 0 Å². The third kappa shape index (κ3) is 8.97. The number of carboxylic acids is 1. The van der Waals surface area contributed by atoms with Gasteiger partial charge >= 0.3 is 5.97 Å². The van der Waals surface area contributed by atoms with Crippen molar-refractivity contribution in [2.24, 2.45) is 0 Å². The van der Waals surface area contributed by atoms with Gasteiger partial charge in [-0.3, -0.25) is 9.35 Å². The van der Waals surface area contributed by atoms with E-state index in [0.717, 1.165) is 49.3 Å². The van der Waals surface area contributed by atoms with Crippen LogP contribution in [0.5, 0.6) is 0 Å². The molecule has 280 valence electrons. The summed E-state index contributed by atoms with van der Waals surface area (Å²) in [5, 5.41) is 13.0. The van der Waals surface area contributed by atoms with E-state index in [4.69, 9.17) is 0 Å². The molecule has 52 heavy (non-hydrogen) atoms. The maximum atomic E-state index is 11.4. The topological polar surface area (TPSA) is 110 Å². The molecule has 5 rings (SSSR count). The molecule has 2 aromatic rings. The molecule has 0 saturated carbocycles. The summed E-state index contributed by atoms with van der Waals surface area (Å²) in [5.41, 5.74) is 10.6. The van der Waals surface area contributed by atoms with Crippen molar-refractivity contribution in [3.05, 3.63) is 107 Å². The van der Waals surface area contributed by atoms with Crippen molar-refractivity contribution in [1.29, 1.82) is 0 Å². The van der Waals surface area contributed by atoms with E-state index in [1.807, 2.05) is 6.07 Å². The third-order valence-electron chi connectivity index (χ3n) is 10.9. The average molecular weight is 729 g/mol. The summed E-state index contributed by atoms with van der Waals surface area (Å²) >= 11 is 0. The number of unbranched alkanes of at least 4 members (excludes halogenated alkanes) is 3. The molecule has 0 radical (unpaired) electrons. The van der Waals surface area contributed by atoms with Crippen LogP contribution in [0.15, 0.2) is 95.4 Å². The molecule has 2 aliphatic heterocycles. The summed E-state index contributed by atoms with van der Waals surface area (Å²) in [6.45, 7) is 13.5. The van der Waals surface area contributed by atoms with Crippen molar-refractivity contribution < 1.29 is 27.4 Å². The number of nitrogens with zero attached hydrogens (tertiary/aromatic N) is 2. The number of hydrogen-bond acceptors (Lipinski definition) is 5. The Kier molecular flexibility index (Phi) is 12.7. The first-order valence-corrected chi connectivity index (χ1v) is 20.7. The van der Waals surface area contributed by atoms with Gasteiger partial charge in [0.15, 0.2) is 5.71 Å². The lowest BCUT2D eigenvalue weighted by molar-refractivity contribution is -0.438. The fraction of sp³-hybridized carbons (Fsp3) is 0.488. The van der Waals surface area contributed by atoms with Crippen LogP contribution >= 0.6 is 0 Å². The summed E-state index contributed by atoms with van der Waals surface area (Å²) in [5.74, 6) is -1.03. The van der Waals surface area contributed by atoms with Crippen LogP contribution in [0.3, 0.4) is 0 Å². The molecule has 3 N–H and O–H groups in total. The van der Waals surface area contributed by atoms with Gasteiger partial charge in [0.05, 0.1) is 11.2 Å². The molecule has 0 unspecified atom stereocenters. The predicted molar refractivity (Wildman–Crippen MR) is 212 cm³/mol. The molecule has 0 fully saturated rings. The van der Waals surface area contributed by atoms with Gasteiger partial charge in [0.1, 0.15) is 6.54 Å². The Balaban J connectivity index is 1.53. The van der Waals surface area contributed by atoms with Crippen LogP contribution in [0, 0.1) is 0 Å². The van der Waals surface area contributed by atoms with Crippen LogP contribution in [0.25, 0.3) is 0 Å². The number of carboxylic acid groups (broad SMARTS) is 1. The number of aliphatic carboxylic acids is 1. The third-order valence-corrected chi connectivity index (χ3v) is 11.7. The molecule has 3 aliphatic rings. The van der Waals surface area contributed by atoms with Crippen molar-refractivity contribution in [2.75, 3.05) is 30.3 Å². The molecule has 0 bridgehead atoms. The number of para-hydroxylation sites is 2. The van der Waals surface area contributed by atoms with Crippen molar-refractivity contribution in [2.45, 2.75) is 110 Å². The second kappa shape index (κ2) is 16.8. The number of carbonyl (C=O) groups is 1. The molecule has 0 atom stereocenters. The maximum Gasteiger partial charge on any atom is 0.303 e. The molecular weight excluding hydrogens is 671 g/mol. The zero-order chi connectivity index (χ0) is 37.5. The zero-order valence-corrected chi connectivity index (χ0v) is 32.6. The number of hydrogen-bond donors (Lipinski definition) is 3. The minimum atomic E-state index is -4.00. The predicted octanol–water partition coefficient (Wildman–Crippen LogP) is 8.98. The van der Waals surface area contributed by atoms with E-state index in [9.17, 15) is 22.9 Å². The van der Waals surface area contributed by atoms with E-state index in [2.05, 4.69) is 116 Å². The van der Waals surface area contributed by atoms with Gasteiger partial charge in [-0.25, -0.2) is 0 Å². The molecule has 0 aromatic heterocycles. The van der Waals surface area contributed by atoms with Gasteiger partial charge in [-0.1, -0.05) is 75.7 Å². The molecule has 9 heteroatoms. The highest BCUT2D eigenvalue weighted by Crippen LogP contribution is 2.48. The van der Waals surface area contributed by atoms with Crippen LogP contribution in [-0.4, -0.2) is 59.7 Å². The number of rotatable bonds is 17. The Hall–Kier alpha value is -3.95. The van der Waals surface area contributed by atoms with Crippen molar-refractivity contribution >= 4 is 33.2 Å². The quantitative estimate of drug-likeness (QED) is 0.0848. The highest BCUT2D eigenvalue weighted by molar-refractivity contribution is 7.85. The number of allylic oxidation sites excluding steroid dienone is 7. The second-order valence-electron chi connectivity index (χ2n) is 15.4. The van der Waals surface area contributed by atoms with Crippen molar-refractivity contribution in [1.82, 2.24) is 5.32 Å². The Morgan fingerprint density at radius 3 is 2.37 bits per heavy atom. The summed E-state index contributed by atoms with van der Waals surface area (Å²) in [4.78, 5) is 13.7. The standard InChI is InChI=1S/C43H57N3O5S/c1-6-7-12-29-45-36-21-10-8-19-34(36)42(2,3)38(45)26-24-32-17-15-18-33(41(32)44-28-16-23-40(47)48)25-27-39-43(4,5)35-20-9-11-22-37(35)46(39)30-13-14-31-52(49,50)51/h8-11,19-22,24-27H,6-7,12-18,23,28-31H2,1-5H3,(H2,47,48,49,50,51)/p+1/b33-25+,39-27+. The van der Waals surface area contributed by atoms with Crippen LogP contribution in [0.1, 0.15) is 110 Å². The first-order valence-electron chi connectivity index (χ1n) is 19.1. The monoisotopic (exact) mass is 728 g/mol. The Morgan fingerprint density at radius 2 is 1.63 bits per heavy atom. The van der Waals surface area contributed by atoms with Crippen LogP contribution in [0.2, 0.25) is 0 Å². The SMILES string of the molecule is CCCCC[N+]1=C(/C=C/C2=C(NCCCC(=O)O)C(=C/C=C3/N(CCCCS(=O)(=O)O)c4ccccc4C3(C)C)/CCC2)C(C)(C)c2ccccc21. The number of fused-ring (bicyclic) bond motifs is 2. The van der Waals surface area contributed by atoms with E-state index in [0.29, 0.717) is 32.4 Å². The lowest BCUT2D eigenvalue weighted by Gasteiger charge is -2.28. The second-order valence-corrected chi connectivity index (χ2v) is 17.0. The molecule has 2 aromatic carbocycles. The Labute approximate surface area is 311 Å². The fourth-order valence-corrected chi connectivity index (χ4v) is 8.70. The minimum absolute atomic E-state index is 0.116. The van der Waals surface area contributed by atoms with Gasteiger partial charge in [0.2, 0.25) is 5.69 Å². The lowest BCUT2D eigenvalue weighted by Crippen LogP contribution is -2.28. The summed E-state index contributed by atoms with van der Waals surface area (Å²) in [6, 6.07) is 17.2. The maximum absolute atomic E-state index is 11.4. The smallest absolute Gasteiger partial charge is 0.303 e. The van der Waals surface area contributed by atoms with Crippen molar-refractivity contribution in [3.63, 3.8) is 0 Å². The normalized spacial score (nSPS) is 19.6. The van der Waals surface area contributed by atoms with Gasteiger partial charge in [0, 0.05) is 66.1 Å². The van der Waals surface area contributed by atoms with E-state index < -0.39 is 16.1 Å². The number of nitrogens with one attached hydrogen (secondary N) is 1. The molecule has 2 heterocycles. The van der Waals surface area contributed by atoms with E-state index in [1.54, 1.807) is 0 Å². The molecule has 0 spiro atoms. The molecule has 0 amide bonds. The average Bonchev–Trinajstić information content (AvgIpc) is 3.45. The van der Waals surface area contributed by atoms with E-state index >= 15 is 0 Å². The molecule has 1 aliphatic carbocycles. The van der Waals surface area contributed by atoms with Gasteiger partial charge in [-0.15, -0.1) is 0 Å². The number of benzene rings is 2. The summed E-state index contributed by atoms with van der Waals surface area (Å²) < 4.78 is 34.6. The summed E-state index contributed by atoms with van der Waals surface area (Å²) in [7, 11) is -4.00. The molecule has 8 nitrogen and oxygen atoms in total. The highest BCUT2D eigenvalue weighted by Gasteiger charge is 2.44. The minimum Gasteiger partial charge on any atom is -0.481 e. The molecular formula is C43H58N3O5S+. The van der Waals surface area contributed by atoms with Gasteiger partial charge < -0.3 is 15.3 Å². The largest absolute Gasteiger partial charge is 0.481 e. The van der Waals surface area contributed by atoms with Gasteiger partial charge in [0.25, 0.3) is 10.1 Å². The first-order chi connectivity index (χ1) is 24.8. The van der Waals surface area contributed by atoms with Crippen LogP contribution in [-0.2, 0) is 25.7 Å². The number of anilines is 1. The Bertz CT molecular complexity index is 1900. The fourth-order valence-electron chi connectivity index (χ4n) is 8.14. The van der Waals surface area contributed by atoms with Gasteiger partial charge in [-0.2, -0.15) is 13.0 Å². The summed E-state index contributed by atoms with van der Waals surface area (Å²) in [6.07, 6.45) is 17.1. The van der Waals surface area contributed by atoms with Crippen LogP contribution in [0.4, 0.5) is 11.4 Å².